The van der Waals surface area contributed by atoms with Crippen LogP contribution < -0.4 is 21.3 Å². The van der Waals surface area contributed by atoms with Gasteiger partial charge in [0.2, 0.25) is 17.8 Å². The van der Waals surface area contributed by atoms with E-state index >= 15 is 0 Å². The SMILES string of the molecule is CCOC1CC(n2cc(NC(=O)c3csc(-c4cn[nH]c4)n3)c(-c3nc(F)ccc3F)n2)C1.CCOC1CC(n2cc(NC(=O)c3csc(-c4cnn(CCP(=O)(O)O)c4)n3)c(-c3cccc(F)n3)n2)C1.CCOC1CCC(n2cc(NC(=O)c3csc(-c4cn[nH]c4)n3)c(-c3ncccc3F)n2)CC1.O=C(Nc1cn(C2CC(O)C2)nc1-c1cccc(F)n1)c1csc(-c2cn[nH]c2)n1. The summed E-state index contributed by atoms with van der Waals surface area (Å²) >= 11 is 5.20. The average Bonchev–Trinajstić information content (AvgIpc) is 1.65. The van der Waals surface area contributed by atoms with Gasteiger partial charge in [-0.15, -0.1) is 45.3 Å². The number of thiazole rings is 4. The molecule has 0 aromatic carbocycles. The summed E-state index contributed by atoms with van der Waals surface area (Å²) in [6.45, 7) is 7.90. The Kier molecular flexibility index (Phi) is 28.9. The number of hydrogen-bond acceptors (Lipinski definition) is 29. The molecule has 16 heterocycles. The summed E-state index contributed by atoms with van der Waals surface area (Å²) in [6.07, 6.45) is 29.1. The van der Waals surface area contributed by atoms with Crippen LogP contribution >= 0.6 is 52.9 Å². The molecule has 49 heteroatoms. The Bertz CT molecular complexity index is 6850. The van der Waals surface area contributed by atoms with Gasteiger partial charge >= 0.3 is 7.60 Å². The van der Waals surface area contributed by atoms with Crippen molar-refractivity contribution >= 4 is 99.3 Å². The molecule has 4 saturated carbocycles. The van der Waals surface area contributed by atoms with Crippen molar-refractivity contribution in [2.75, 3.05) is 47.2 Å². The first kappa shape index (κ1) is 93.1. The lowest BCUT2D eigenvalue weighted by Gasteiger charge is -2.34. The monoisotopic (exact) mass is 1940 g/mol. The van der Waals surface area contributed by atoms with Crippen LogP contribution in [0, 0.1) is 29.5 Å². The summed E-state index contributed by atoms with van der Waals surface area (Å²) in [5.41, 5.74) is 6.69. The van der Waals surface area contributed by atoms with Crippen LogP contribution in [0.5, 0.6) is 0 Å². The summed E-state index contributed by atoms with van der Waals surface area (Å²) in [7, 11) is -4.14. The van der Waals surface area contributed by atoms with Gasteiger partial charge in [-0.2, -0.15) is 54.0 Å². The maximum absolute atomic E-state index is 14.6. The first-order valence-electron chi connectivity index (χ1n) is 42.6. The number of nitrogens with one attached hydrogen (secondary N) is 7. The molecule has 0 radical (unpaired) electrons. The van der Waals surface area contributed by atoms with Crippen molar-refractivity contribution in [3.63, 3.8) is 0 Å². The van der Waals surface area contributed by atoms with Crippen LogP contribution in [0.25, 0.3) is 87.8 Å². The minimum atomic E-state index is -4.14. The molecule has 20 rings (SSSR count). The van der Waals surface area contributed by atoms with Gasteiger partial charge < -0.3 is 50.4 Å². The van der Waals surface area contributed by atoms with E-state index in [9.17, 15) is 50.8 Å². The van der Waals surface area contributed by atoms with Crippen molar-refractivity contribution in [1.82, 2.24) is 119 Å². The van der Waals surface area contributed by atoms with Gasteiger partial charge in [0.1, 0.15) is 77.0 Å². The van der Waals surface area contributed by atoms with Crippen molar-refractivity contribution in [2.24, 2.45) is 0 Å². The van der Waals surface area contributed by atoms with Crippen LogP contribution in [0.2, 0.25) is 0 Å². The van der Waals surface area contributed by atoms with E-state index in [0.717, 1.165) is 80.2 Å². The van der Waals surface area contributed by atoms with Crippen molar-refractivity contribution in [3.05, 3.63) is 215 Å². The van der Waals surface area contributed by atoms with E-state index in [2.05, 4.69) is 117 Å². The Balaban J connectivity index is 0.000000125. The maximum atomic E-state index is 14.6. The Hall–Kier alpha value is -13.7. The number of aliphatic hydroxyl groups excluding tert-OH is 1. The molecule has 39 nitrogen and oxygen atoms in total. The van der Waals surface area contributed by atoms with Crippen LogP contribution in [0.15, 0.2) is 163 Å². The highest BCUT2D eigenvalue weighted by atomic mass is 32.1. The van der Waals surface area contributed by atoms with E-state index in [0.29, 0.717) is 104 Å². The molecule has 4 aliphatic rings. The molecule has 4 aliphatic carbocycles. The fourth-order valence-corrected chi connectivity index (χ4v) is 18.7. The first-order valence-corrected chi connectivity index (χ1v) is 47.9. The Morgan fingerprint density at radius 1 is 0.437 bits per heavy atom. The van der Waals surface area contributed by atoms with E-state index in [1.54, 1.807) is 116 Å². The van der Waals surface area contributed by atoms with Gasteiger partial charge in [-0.1, -0.05) is 12.1 Å². The van der Waals surface area contributed by atoms with Crippen molar-refractivity contribution in [3.8, 4) is 87.8 Å². The molecule has 0 saturated heterocycles. The molecule has 16 aromatic heterocycles. The number of aromatic nitrogens is 24. The van der Waals surface area contributed by atoms with Crippen molar-refractivity contribution in [2.45, 2.75) is 140 Å². The van der Waals surface area contributed by atoms with Gasteiger partial charge in [0.15, 0.2) is 11.6 Å². The lowest BCUT2D eigenvalue weighted by Crippen LogP contribution is -2.33. The third-order valence-corrected chi connectivity index (χ3v) is 26.5. The molecule has 10 N–H and O–H groups in total. The number of hydrogen-bond donors (Lipinski definition) is 10. The van der Waals surface area contributed by atoms with Crippen LogP contribution in [-0.2, 0) is 25.3 Å². The van der Waals surface area contributed by atoms with E-state index in [-0.39, 0.29) is 107 Å². The number of ether oxygens (including phenoxy) is 3. The second kappa shape index (κ2) is 41.8. The van der Waals surface area contributed by atoms with Gasteiger partial charge in [-0.25, -0.2) is 43.7 Å². The smallest absolute Gasteiger partial charge is 0.327 e. The highest BCUT2D eigenvalue weighted by Gasteiger charge is 2.37. The second-order valence-corrected chi connectivity index (χ2v) is 36.6. The molecule has 0 bridgehead atoms. The zero-order valence-corrected chi connectivity index (χ0v) is 75.9. The number of anilines is 4. The number of aryl methyl sites for hydroxylation is 1. The molecule has 135 heavy (non-hydrogen) atoms. The van der Waals surface area contributed by atoms with Gasteiger partial charge in [-0.3, -0.25) is 67.4 Å². The number of pyridine rings is 4. The highest BCUT2D eigenvalue weighted by Crippen LogP contribution is 2.43. The van der Waals surface area contributed by atoms with Crippen molar-refractivity contribution in [1.29, 1.82) is 0 Å². The quantitative estimate of drug-likeness (QED) is 0.0118. The van der Waals surface area contributed by atoms with E-state index in [1.165, 1.54) is 98.8 Å². The zero-order valence-electron chi connectivity index (χ0n) is 71.8. The van der Waals surface area contributed by atoms with Gasteiger partial charge in [-0.05, 0) is 134 Å². The third-order valence-electron chi connectivity index (χ3n) is 22.1. The molecular formula is C86H84F5N28O11PS4. The number of halogens is 5. The molecule has 698 valence electrons. The number of amides is 4. The van der Waals surface area contributed by atoms with Crippen LogP contribution in [-0.4, -0.2) is 208 Å². The second-order valence-electron chi connectivity index (χ2n) is 31.4. The summed E-state index contributed by atoms with van der Waals surface area (Å²) in [5, 5.41) is 72.0. The molecule has 0 spiro atoms. The predicted octanol–water partition coefficient (Wildman–Crippen LogP) is 15.2. The van der Waals surface area contributed by atoms with E-state index < -0.39 is 60.7 Å². The summed E-state index contributed by atoms with van der Waals surface area (Å²) in [5.74, 6) is -5.16. The Morgan fingerprint density at radius 3 is 1.24 bits per heavy atom. The Labute approximate surface area is 779 Å². The molecule has 0 atom stereocenters. The normalized spacial score (nSPS) is 17.8. The number of carbonyl (C=O) groups is 4. The van der Waals surface area contributed by atoms with Crippen LogP contribution in [0.3, 0.4) is 0 Å². The van der Waals surface area contributed by atoms with E-state index in [1.807, 2.05) is 25.5 Å². The van der Waals surface area contributed by atoms with Crippen LogP contribution in [0.4, 0.5) is 44.7 Å². The number of rotatable bonds is 29. The molecular weight excluding hydrogens is 1860 g/mol. The van der Waals surface area contributed by atoms with E-state index in [4.69, 9.17) is 24.0 Å². The number of nitrogens with zero attached hydrogens (tertiary/aromatic N) is 21. The van der Waals surface area contributed by atoms with Crippen molar-refractivity contribution < 1.29 is 74.8 Å². The molecule has 0 unspecified atom stereocenters. The minimum Gasteiger partial charge on any atom is -0.393 e. The zero-order chi connectivity index (χ0) is 94.0. The first-order chi connectivity index (χ1) is 65.4. The number of aromatic amines is 3. The largest absolute Gasteiger partial charge is 0.393 e. The maximum Gasteiger partial charge on any atom is 0.327 e. The van der Waals surface area contributed by atoms with Gasteiger partial charge in [0, 0.05) is 119 Å². The van der Waals surface area contributed by atoms with Gasteiger partial charge in [0.05, 0.1) is 120 Å². The molecule has 4 amide bonds. The topological polar surface area (TPSA) is 500 Å². The molecule has 4 fully saturated rings. The Morgan fingerprint density at radius 2 is 0.830 bits per heavy atom. The molecule has 16 aromatic rings. The lowest BCUT2D eigenvalue weighted by atomic mass is 9.89. The summed E-state index contributed by atoms with van der Waals surface area (Å²) in [6, 6.07) is 13.8. The number of carbonyl (C=O) groups excluding carboxylic acids is 4. The summed E-state index contributed by atoms with van der Waals surface area (Å²) in [4.78, 5) is 103. The fraction of sp³-hybridized carbons (Fsp3) is 0.302. The average molecular weight is 1940 g/mol. The standard InChI is InChI=1S/C23H25FN7O5PS.C23H24FN7O2S.C21H19F2N7O2S.C19H16FN7O2S/c1-2-36-16-8-15(9-16)31-12-18(21(29-31)17-4-3-5-20(24)26-17)27-22(32)19-13-38-23(28-19)14-10-25-30(11-14)6-7-37(33,34)35;1-2-33-16-7-5-15(6-8-16)31-12-18(21(30-31)20-17(24)4-3-9-25-20)28-22(32)19-13-34-23(29-19)14-10-26-27-11-14;1-2-32-13-5-12(6-13)30-9-15(19(29-30)18-14(22)3-4-17(23)28-18)26-20(31)16-10-33-21(27-16)11-7-24-25-8-11;20-16-3-1-2-13(23-16)17-14(8-27(26-17)11-4-12(28)5-11)24-18(29)15-9-30-19(25-15)10-6-21-22-7-10/h3-5,10-13,15-16H,2,6-9H2,1H3,(H,27,32)(H2,33,34,35);3-4,9-13,15-16H,2,5-8H2,1H3,(H,26,27)(H,28,32);3-4,7-10,12-13H,2,5-6H2,1H3,(H,24,25)(H,26,31);1-3,6-9,11-12,28H,4-5H2,(H,21,22)(H,24,29). The number of H-pyrrole nitrogens is 3. The minimum absolute atomic E-state index is 0.0185. The fourth-order valence-electron chi connectivity index (χ4n) is 15.1. The highest BCUT2D eigenvalue weighted by molar-refractivity contribution is 7.51. The third kappa shape index (κ3) is 22.5. The van der Waals surface area contributed by atoms with Crippen LogP contribution in [0.1, 0.15) is 151 Å². The lowest BCUT2D eigenvalue weighted by molar-refractivity contribution is -0.0228. The summed E-state index contributed by atoms with van der Waals surface area (Å²) < 4.78 is 107. The number of aliphatic hydroxyl groups is 1. The molecule has 0 aliphatic heterocycles. The predicted molar refractivity (Wildman–Crippen MR) is 487 cm³/mol. The van der Waals surface area contributed by atoms with Gasteiger partial charge in [0.25, 0.3) is 23.6 Å².